The topological polar surface area (TPSA) is 32.3 Å². The molecule has 1 aromatic rings. The molecule has 3 rings (SSSR count). The number of nitrogens with zero attached hydrogens (tertiary/aromatic N) is 1. The molecule has 2 saturated heterocycles. The molecule has 2 unspecified atom stereocenters. The molecular weight excluding hydrogens is 267 g/mol. The van der Waals surface area contributed by atoms with Crippen molar-refractivity contribution in [1.82, 2.24) is 10.2 Å². The van der Waals surface area contributed by atoms with E-state index in [-0.39, 0.29) is 23.6 Å². The molecule has 0 saturated carbocycles. The first-order valence-corrected chi connectivity index (χ1v) is 7.03. The van der Waals surface area contributed by atoms with Crippen LogP contribution in [0.5, 0.6) is 0 Å². The largest absolute Gasteiger partial charge is 0.331 e. The van der Waals surface area contributed by atoms with Gasteiger partial charge in [0, 0.05) is 23.7 Å². The smallest absolute Gasteiger partial charge is 0.257 e. The van der Waals surface area contributed by atoms with Gasteiger partial charge >= 0.3 is 0 Å². The Morgan fingerprint density at radius 2 is 2.11 bits per heavy atom. The minimum atomic E-state index is -0.533. The summed E-state index contributed by atoms with van der Waals surface area (Å²) < 4.78 is 13.9. The Kier molecular flexibility index (Phi) is 3.46. The summed E-state index contributed by atoms with van der Waals surface area (Å²) in [6.45, 7) is 1.73. The van der Waals surface area contributed by atoms with E-state index in [2.05, 4.69) is 5.32 Å². The lowest BCUT2D eigenvalue weighted by molar-refractivity contribution is 0.0675. The molecule has 0 aliphatic carbocycles. The standard InChI is InChI=1S/C14H16ClFN2O/c15-9-1-4-12(13(16)7-9)14(19)18-10-2-3-11(18)8-17-6-5-10/h1,4,7,10-11,17H,2-3,5-6,8H2. The highest BCUT2D eigenvalue weighted by atomic mass is 35.5. The Balaban J connectivity index is 1.90. The summed E-state index contributed by atoms with van der Waals surface area (Å²) in [6.07, 6.45) is 2.96. The molecule has 0 radical (unpaired) electrons. The number of amides is 1. The first kappa shape index (κ1) is 12.9. The van der Waals surface area contributed by atoms with Crippen LogP contribution in [0.4, 0.5) is 4.39 Å². The Hall–Kier alpha value is -1.13. The van der Waals surface area contributed by atoms with Crippen molar-refractivity contribution >= 4 is 17.5 Å². The Labute approximate surface area is 116 Å². The second-order valence-electron chi connectivity index (χ2n) is 5.21. The molecule has 2 aliphatic rings. The molecule has 1 N–H and O–H groups in total. The van der Waals surface area contributed by atoms with Crippen molar-refractivity contribution < 1.29 is 9.18 Å². The summed E-state index contributed by atoms with van der Waals surface area (Å²) in [4.78, 5) is 14.4. The number of hydrogen-bond donors (Lipinski definition) is 1. The molecule has 5 heteroatoms. The van der Waals surface area contributed by atoms with E-state index >= 15 is 0 Å². The van der Waals surface area contributed by atoms with Crippen LogP contribution in [0.3, 0.4) is 0 Å². The number of hydrogen-bond acceptors (Lipinski definition) is 2. The minimum absolute atomic E-state index is 0.128. The number of nitrogens with one attached hydrogen (secondary N) is 1. The number of halogens is 2. The van der Waals surface area contributed by atoms with Gasteiger partial charge in [-0.15, -0.1) is 0 Å². The first-order valence-electron chi connectivity index (χ1n) is 6.65. The Morgan fingerprint density at radius 1 is 1.32 bits per heavy atom. The second kappa shape index (κ2) is 5.10. The average molecular weight is 283 g/mol. The van der Waals surface area contributed by atoms with Crippen molar-refractivity contribution in [3.05, 3.63) is 34.6 Å². The van der Waals surface area contributed by atoms with Gasteiger partial charge in [0.05, 0.1) is 5.56 Å². The van der Waals surface area contributed by atoms with Crippen LogP contribution in [0, 0.1) is 5.82 Å². The molecule has 19 heavy (non-hydrogen) atoms. The molecule has 2 aliphatic heterocycles. The lowest BCUT2D eigenvalue weighted by Gasteiger charge is -2.28. The van der Waals surface area contributed by atoms with E-state index in [1.165, 1.54) is 12.1 Å². The SMILES string of the molecule is O=C(c1ccc(Cl)cc1F)N1C2CCNCC1CC2. The molecule has 2 fully saturated rings. The van der Waals surface area contributed by atoms with Gasteiger partial charge in [-0.05, 0) is 44.0 Å². The van der Waals surface area contributed by atoms with Crippen LogP contribution in [-0.4, -0.2) is 36.0 Å². The molecule has 1 amide bonds. The maximum atomic E-state index is 13.9. The van der Waals surface area contributed by atoms with Crippen LogP contribution in [0.1, 0.15) is 29.6 Å². The van der Waals surface area contributed by atoms with Gasteiger partial charge in [-0.1, -0.05) is 11.6 Å². The van der Waals surface area contributed by atoms with Crippen LogP contribution in [0.2, 0.25) is 5.02 Å². The zero-order valence-corrected chi connectivity index (χ0v) is 11.3. The Bertz CT molecular complexity index is 494. The van der Waals surface area contributed by atoms with Crippen molar-refractivity contribution in [1.29, 1.82) is 0 Å². The fourth-order valence-electron chi connectivity index (χ4n) is 3.12. The third-order valence-corrected chi connectivity index (χ3v) is 4.29. The lowest BCUT2D eigenvalue weighted by atomic mass is 10.1. The van der Waals surface area contributed by atoms with E-state index in [0.29, 0.717) is 5.02 Å². The summed E-state index contributed by atoms with van der Waals surface area (Å²) in [5.74, 6) is -0.737. The zero-order valence-electron chi connectivity index (χ0n) is 10.5. The minimum Gasteiger partial charge on any atom is -0.331 e. The van der Waals surface area contributed by atoms with Gasteiger partial charge in [0.25, 0.3) is 5.91 Å². The highest BCUT2D eigenvalue weighted by Gasteiger charge is 2.38. The number of rotatable bonds is 1. The summed E-state index contributed by atoms with van der Waals surface area (Å²) >= 11 is 5.73. The molecular formula is C14H16ClFN2O. The van der Waals surface area contributed by atoms with Crippen LogP contribution in [-0.2, 0) is 0 Å². The number of carbonyl (C=O) groups excluding carboxylic acids is 1. The molecule has 1 aromatic carbocycles. The van der Waals surface area contributed by atoms with E-state index in [9.17, 15) is 9.18 Å². The van der Waals surface area contributed by atoms with Gasteiger partial charge < -0.3 is 10.2 Å². The predicted octanol–water partition coefficient (Wildman–Crippen LogP) is 2.45. The van der Waals surface area contributed by atoms with E-state index in [1.807, 2.05) is 4.90 Å². The van der Waals surface area contributed by atoms with E-state index in [0.717, 1.165) is 32.4 Å². The third kappa shape index (κ3) is 2.35. The molecule has 2 atom stereocenters. The summed E-state index contributed by atoms with van der Waals surface area (Å²) in [5, 5.41) is 3.64. The summed E-state index contributed by atoms with van der Waals surface area (Å²) in [7, 11) is 0. The van der Waals surface area contributed by atoms with E-state index in [1.54, 1.807) is 6.07 Å². The van der Waals surface area contributed by atoms with Crippen LogP contribution in [0.25, 0.3) is 0 Å². The highest BCUT2D eigenvalue weighted by Crippen LogP contribution is 2.30. The molecule has 102 valence electrons. The highest BCUT2D eigenvalue weighted by molar-refractivity contribution is 6.30. The summed E-state index contributed by atoms with van der Waals surface area (Å²) in [6, 6.07) is 4.68. The van der Waals surface area contributed by atoms with E-state index < -0.39 is 5.82 Å². The third-order valence-electron chi connectivity index (χ3n) is 4.05. The number of carbonyl (C=O) groups is 1. The van der Waals surface area contributed by atoms with E-state index in [4.69, 9.17) is 11.6 Å². The van der Waals surface area contributed by atoms with Gasteiger partial charge in [0.1, 0.15) is 5.82 Å². The number of fused-ring (bicyclic) bond motifs is 2. The maximum absolute atomic E-state index is 13.9. The van der Waals surface area contributed by atoms with Gasteiger partial charge in [-0.3, -0.25) is 4.79 Å². The van der Waals surface area contributed by atoms with Crippen molar-refractivity contribution in [3.8, 4) is 0 Å². The molecule has 2 heterocycles. The fraction of sp³-hybridized carbons (Fsp3) is 0.500. The van der Waals surface area contributed by atoms with Gasteiger partial charge in [0.15, 0.2) is 0 Å². The monoisotopic (exact) mass is 282 g/mol. The van der Waals surface area contributed by atoms with Gasteiger partial charge in [-0.2, -0.15) is 0 Å². The van der Waals surface area contributed by atoms with Crippen LogP contribution >= 0.6 is 11.6 Å². The predicted molar refractivity (Wildman–Crippen MR) is 71.9 cm³/mol. The normalized spacial score (nSPS) is 26.3. The first-order chi connectivity index (χ1) is 9.16. The molecule has 2 bridgehead atoms. The van der Waals surface area contributed by atoms with Crippen molar-refractivity contribution in [2.75, 3.05) is 13.1 Å². The molecule has 0 spiro atoms. The van der Waals surface area contributed by atoms with Gasteiger partial charge in [-0.25, -0.2) is 4.39 Å². The second-order valence-corrected chi connectivity index (χ2v) is 5.65. The Morgan fingerprint density at radius 3 is 2.89 bits per heavy atom. The van der Waals surface area contributed by atoms with Crippen molar-refractivity contribution in [2.45, 2.75) is 31.3 Å². The van der Waals surface area contributed by atoms with Crippen LogP contribution in [0.15, 0.2) is 18.2 Å². The quantitative estimate of drug-likeness (QED) is 0.858. The summed E-state index contributed by atoms with van der Waals surface area (Å²) in [5.41, 5.74) is 0.128. The number of benzene rings is 1. The average Bonchev–Trinajstić information content (AvgIpc) is 2.62. The lowest BCUT2D eigenvalue weighted by Crippen LogP contribution is -2.42. The van der Waals surface area contributed by atoms with Crippen LogP contribution < -0.4 is 5.32 Å². The van der Waals surface area contributed by atoms with Gasteiger partial charge in [0.2, 0.25) is 0 Å². The molecule has 0 aromatic heterocycles. The zero-order chi connectivity index (χ0) is 13.4. The molecule has 3 nitrogen and oxygen atoms in total. The fourth-order valence-corrected chi connectivity index (χ4v) is 3.27. The van der Waals surface area contributed by atoms with Crippen molar-refractivity contribution in [3.63, 3.8) is 0 Å². The maximum Gasteiger partial charge on any atom is 0.257 e. The van der Waals surface area contributed by atoms with Crippen molar-refractivity contribution in [2.24, 2.45) is 0 Å².